The first-order valence-electron chi connectivity index (χ1n) is 6.53. The Morgan fingerprint density at radius 1 is 1.41 bits per heavy atom. The molecule has 0 saturated heterocycles. The minimum absolute atomic E-state index is 0.131. The maximum absolute atomic E-state index is 12.0. The van der Waals surface area contributed by atoms with E-state index >= 15 is 0 Å². The van der Waals surface area contributed by atoms with E-state index in [0.29, 0.717) is 11.7 Å². The van der Waals surface area contributed by atoms with E-state index in [1.807, 2.05) is 6.07 Å². The lowest BCUT2D eigenvalue weighted by Crippen LogP contribution is -2.24. The highest BCUT2D eigenvalue weighted by atomic mass is 16.1. The number of H-pyrrole nitrogens is 1. The maximum atomic E-state index is 12.0. The van der Waals surface area contributed by atoms with Gasteiger partial charge in [0, 0.05) is 17.7 Å². The maximum Gasteiger partial charge on any atom is 0.228 e. The van der Waals surface area contributed by atoms with Crippen molar-refractivity contribution in [2.75, 3.05) is 5.32 Å². The van der Waals surface area contributed by atoms with Crippen LogP contribution < -0.4 is 5.32 Å². The van der Waals surface area contributed by atoms with Gasteiger partial charge in [0.05, 0.1) is 0 Å². The van der Waals surface area contributed by atoms with Gasteiger partial charge in [0.25, 0.3) is 0 Å². The van der Waals surface area contributed by atoms with Gasteiger partial charge in [0.2, 0.25) is 5.91 Å². The second-order valence-corrected chi connectivity index (χ2v) is 5.19. The van der Waals surface area contributed by atoms with Crippen LogP contribution in [0.1, 0.15) is 57.6 Å². The van der Waals surface area contributed by atoms with Crippen LogP contribution >= 0.6 is 0 Å². The molecular weight excluding hydrogens is 214 g/mol. The van der Waals surface area contributed by atoms with Crippen LogP contribution in [0.3, 0.4) is 0 Å². The van der Waals surface area contributed by atoms with Gasteiger partial charge in [-0.1, -0.05) is 33.1 Å². The molecule has 0 unspecified atom stereocenters. The number of aromatic amines is 1. The lowest BCUT2D eigenvalue weighted by molar-refractivity contribution is -0.120. The first-order chi connectivity index (χ1) is 8.16. The highest BCUT2D eigenvalue weighted by Gasteiger charge is 2.21. The molecule has 1 aliphatic rings. The van der Waals surface area contributed by atoms with Gasteiger partial charge in [-0.25, -0.2) is 0 Å². The van der Waals surface area contributed by atoms with Gasteiger partial charge < -0.3 is 5.32 Å². The first kappa shape index (κ1) is 12.1. The SMILES string of the molecule is CC(C)c1cc(NC(=O)C2CCCCC2)n[nH]1. The van der Waals surface area contributed by atoms with E-state index in [-0.39, 0.29) is 11.8 Å². The van der Waals surface area contributed by atoms with E-state index in [1.54, 1.807) is 0 Å². The third-order valence-corrected chi connectivity index (χ3v) is 3.45. The summed E-state index contributed by atoms with van der Waals surface area (Å²) in [5, 5.41) is 9.97. The van der Waals surface area contributed by atoms with Crippen LogP contribution in [-0.4, -0.2) is 16.1 Å². The van der Waals surface area contributed by atoms with Crippen molar-refractivity contribution in [3.8, 4) is 0 Å². The molecule has 94 valence electrons. The van der Waals surface area contributed by atoms with Crippen LogP contribution in [0.4, 0.5) is 5.82 Å². The highest BCUT2D eigenvalue weighted by molar-refractivity contribution is 5.91. The van der Waals surface area contributed by atoms with Gasteiger partial charge in [-0.05, 0) is 18.8 Å². The summed E-state index contributed by atoms with van der Waals surface area (Å²) in [6, 6.07) is 1.92. The number of anilines is 1. The van der Waals surface area contributed by atoms with Crippen molar-refractivity contribution in [2.24, 2.45) is 5.92 Å². The number of nitrogens with one attached hydrogen (secondary N) is 2. The van der Waals surface area contributed by atoms with Crippen molar-refractivity contribution in [2.45, 2.75) is 51.9 Å². The lowest BCUT2D eigenvalue weighted by atomic mass is 9.89. The number of rotatable bonds is 3. The van der Waals surface area contributed by atoms with Crippen LogP contribution in [-0.2, 0) is 4.79 Å². The molecule has 2 rings (SSSR count). The Balaban J connectivity index is 1.92. The molecule has 1 fully saturated rings. The van der Waals surface area contributed by atoms with Gasteiger partial charge in [0.15, 0.2) is 5.82 Å². The average Bonchev–Trinajstić information content (AvgIpc) is 2.79. The molecule has 0 atom stereocenters. The molecule has 2 N–H and O–H groups in total. The lowest BCUT2D eigenvalue weighted by Gasteiger charge is -2.19. The van der Waals surface area contributed by atoms with Gasteiger partial charge in [-0.3, -0.25) is 9.89 Å². The van der Waals surface area contributed by atoms with E-state index in [4.69, 9.17) is 0 Å². The molecule has 0 aliphatic heterocycles. The molecule has 17 heavy (non-hydrogen) atoms. The second-order valence-electron chi connectivity index (χ2n) is 5.19. The highest BCUT2D eigenvalue weighted by Crippen LogP contribution is 2.25. The fourth-order valence-electron chi connectivity index (χ4n) is 2.29. The van der Waals surface area contributed by atoms with Gasteiger partial charge >= 0.3 is 0 Å². The van der Waals surface area contributed by atoms with Crippen molar-refractivity contribution in [1.82, 2.24) is 10.2 Å². The van der Waals surface area contributed by atoms with Gasteiger partial charge in [-0.15, -0.1) is 0 Å². The predicted molar refractivity (Wildman–Crippen MR) is 67.9 cm³/mol. The molecule has 1 saturated carbocycles. The third kappa shape index (κ3) is 3.08. The van der Waals surface area contributed by atoms with Crippen molar-refractivity contribution in [3.05, 3.63) is 11.8 Å². The molecule has 1 aromatic rings. The number of amides is 1. The van der Waals surface area contributed by atoms with E-state index in [0.717, 1.165) is 18.5 Å². The largest absolute Gasteiger partial charge is 0.309 e. The average molecular weight is 235 g/mol. The first-order valence-corrected chi connectivity index (χ1v) is 6.53. The molecule has 1 heterocycles. The smallest absolute Gasteiger partial charge is 0.228 e. The molecule has 4 nitrogen and oxygen atoms in total. The van der Waals surface area contributed by atoms with E-state index in [1.165, 1.54) is 19.3 Å². The summed E-state index contributed by atoms with van der Waals surface area (Å²) in [5.74, 6) is 1.38. The molecular formula is C13H21N3O. The number of carbonyl (C=O) groups excluding carboxylic acids is 1. The van der Waals surface area contributed by atoms with Crippen LogP contribution in [0.15, 0.2) is 6.07 Å². The van der Waals surface area contributed by atoms with Crippen molar-refractivity contribution in [1.29, 1.82) is 0 Å². The predicted octanol–water partition coefficient (Wildman–Crippen LogP) is 3.05. The summed E-state index contributed by atoms with van der Waals surface area (Å²) in [7, 11) is 0. The van der Waals surface area contributed by atoms with E-state index < -0.39 is 0 Å². The van der Waals surface area contributed by atoms with Crippen molar-refractivity contribution in [3.63, 3.8) is 0 Å². The monoisotopic (exact) mass is 235 g/mol. The van der Waals surface area contributed by atoms with Crippen LogP contribution in [0, 0.1) is 5.92 Å². The molecule has 0 spiro atoms. The number of hydrogen-bond donors (Lipinski definition) is 2. The minimum atomic E-state index is 0.131. The topological polar surface area (TPSA) is 57.8 Å². The summed E-state index contributed by atoms with van der Waals surface area (Å²) < 4.78 is 0. The van der Waals surface area contributed by atoms with Crippen LogP contribution in [0.2, 0.25) is 0 Å². The number of hydrogen-bond acceptors (Lipinski definition) is 2. The van der Waals surface area contributed by atoms with Gasteiger partial charge in [0.1, 0.15) is 0 Å². The minimum Gasteiger partial charge on any atom is -0.309 e. The van der Waals surface area contributed by atoms with E-state index in [9.17, 15) is 4.79 Å². The Morgan fingerprint density at radius 3 is 2.71 bits per heavy atom. The molecule has 0 bridgehead atoms. The molecule has 1 aromatic heterocycles. The summed E-state index contributed by atoms with van der Waals surface area (Å²) in [4.78, 5) is 12.0. The zero-order valence-electron chi connectivity index (χ0n) is 10.6. The molecule has 1 amide bonds. The molecule has 1 aliphatic carbocycles. The van der Waals surface area contributed by atoms with Crippen molar-refractivity contribution >= 4 is 11.7 Å². The standard InChI is InChI=1S/C13H21N3O/c1-9(2)11-8-12(16-15-11)14-13(17)10-6-4-3-5-7-10/h8-10H,3-7H2,1-2H3,(H2,14,15,16,17). The summed E-state index contributed by atoms with van der Waals surface area (Å²) in [5.41, 5.74) is 1.06. The number of carbonyl (C=O) groups is 1. The zero-order chi connectivity index (χ0) is 12.3. The van der Waals surface area contributed by atoms with E-state index in [2.05, 4.69) is 29.4 Å². The Bertz CT molecular complexity index is 378. The molecule has 0 aromatic carbocycles. The summed E-state index contributed by atoms with van der Waals surface area (Å²) in [6.45, 7) is 4.19. The van der Waals surface area contributed by atoms with Crippen LogP contribution in [0.5, 0.6) is 0 Å². The Kier molecular flexibility index (Phi) is 3.82. The molecule has 0 radical (unpaired) electrons. The van der Waals surface area contributed by atoms with Crippen LogP contribution in [0.25, 0.3) is 0 Å². The Hall–Kier alpha value is -1.32. The Morgan fingerprint density at radius 2 is 2.12 bits per heavy atom. The fraction of sp³-hybridized carbons (Fsp3) is 0.692. The normalized spacial score (nSPS) is 17.4. The number of aromatic nitrogens is 2. The summed E-state index contributed by atoms with van der Waals surface area (Å²) >= 11 is 0. The van der Waals surface area contributed by atoms with Crippen molar-refractivity contribution < 1.29 is 4.79 Å². The number of nitrogens with zero attached hydrogens (tertiary/aromatic N) is 1. The zero-order valence-corrected chi connectivity index (χ0v) is 10.6. The molecule has 4 heteroatoms. The third-order valence-electron chi connectivity index (χ3n) is 3.45. The van der Waals surface area contributed by atoms with Gasteiger partial charge in [-0.2, -0.15) is 5.10 Å². The Labute approximate surface area is 102 Å². The second kappa shape index (κ2) is 5.34. The fourth-order valence-corrected chi connectivity index (χ4v) is 2.29. The quantitative estimate of drug-likeness (QED) is 0.846. The summed E-state index contributed by atoms with van der Waals surface area (Å²) in [6.07, 6.45) is 5.66.